The van der Waals surface area contributed by atoms with Crippen LogP contribution in [-0.4, -0.2) is 14.7 Å². The molecule has 6 heteroatoms. The van der Waals surface area contributed by atoms with Gasteiger partial charge in [-0.1, -0.05) is 12.1 Å². The van der Waals surface area contributed by atoms with Gasteiger partial charge in [0.05, 0.1) is 0 Å². The number of rotatable bonds is 2. The summed E-state index contributed by atoms with van der Waals surface area (Å²) in [5.74, 6) is -0.919. The lowest BCUT2D eigenvalue weighted by Crippen LogP contribution is -2.15. The van der Waals surface area contributed by atoms with Crippen LogP contribution in [0.15, 0.2) is 36.7 Å². The van der Waals surface area contributed by atoms with Gasteiger partial charge >= 0.3 is 6.18 Å². The first-order valence-corrected chi connectivity index (χ1v) is 4.83. The Labute approximate surface area is 95.1 Å². The maximum atomic E-state index is 12.5. The zero-order valence-corrected chi connectivity index (χ0v) is 8.65. The first-order valence-electron chi connectivity index (χ1n) is 4.83. The summed E-state index contributed by atoms with van der Waals surface area (Å²) < 4.78 is 38.6. The second-order valence-electron chi connectivity index (χ2n) is 3.55. The Hall–Kier alpha value is -1.98. The number of hydrogen-bond acceptors (Lipinski definition) is 2. The second kappa shape index (κ2) is 4.12. The zero-order valence-electron chi connectivity index (χ0n) is 8.65. The summed E-state index contributed by atoms with van der Waals surface area (Å²) >= 11 is 0. The molecule has 0 aliphatic rings. The molecular weight excluding hydrogens is 233 g/mol. The van der Waals surface area contributed by atoms with Crippen molar-refractivity contribution in [1.82, 2.24) is 9.55 Å². The van der Waals surface area contributed by atoms with Gasteiger partial charge in [0.2, 0.25) is 5.82 Å². The molecule has 2 rings (SSSR count). The van der Waals surface area contributed by atoms with Crippen molar-refractivity contribution in [2.75, 3.05) is 0 Å². The lowest BCUT2D eigenvalue weighted by molar-refractivity contribution is -0.147. The number of benzene rings is 1. The van der Waals surface area contributed by atoms with Crippen LogP contribution in [0.4, 0.5) is 13.2 Å². The van der Waals surface area contributed by atoms with Crippen molar-refractivity contribution < 1.29 is 18.3 Å². The fraction of sp³-hybridized carbons (Fsp3) is 0.182. The van der Waals surface area contributed by atoms with Gasteiger partial charge in [0.1, 0.15) is 5.75 Å². The Kier molecular flexibility index (Phi) is 2.79. The molecule has 17 heavy (non-hydrogen) atoms. The van der Waals surface area contributed by atoms with Crippen molar-refractivity contribution in [1.29, 1.82) is 0 Å². The number of aromatic hydroxyl groups is 1. The molecule has 3 nitrogen and oxygen atoms in total. The summed E-state index contributed by atoms with van der Waals surface area (Å²) in [4.78, 5) is 3.28. The molecule has 0 spiro atoms. The molecule has 1 aromatic heterocycles. The quantitative estimate of drug-likeness (QED) is 0.879. The van der Waals surface area contributed by atoms with Crippen molar-refractivity contribution in [3.63, 3.8) is 0 Å². The maximum absolute atomic E-state index is 12.5. The Bertz CT molecular complexity index is 519. The molecule has 0 fully saturated rings. The van der Waals surface area contributed by atoms with Crippen LogP contribution >= 0.6 is 0 Å². The highest BCUT2D eigenvalue weighted by Gasteiger charge is 2.35. The third-order valence-corrected chi connectivity index (χ3v) is 2.23. The van der Waals surface area contributed by atoms with Crippen LogP contribution < -0.4 is 0 Å². The van der Waals surface area contributed by atoms with Crippen LogP contribution in [-0.2, 0) is 12.7 Å². The Morgan fingerprint density at radius 1 is 1.29 bits per heavy atom. The average molecular weight is 242 g/mol. The van der Waals surface area contributed by atoms with Crippen molar-refractivity contribution in [3.05, 3.63) is 48.0 Å². The van der Waals surface area contributed by atoms with Gasteiger partial charge in [-0.3, -0.25) is 0 Å². The number of aromatic nitrogens is 2. The van der Waals surface area contributed by atoms with Gasteiger partial charge in [0, 0.05) is 18.9 Å². The van der Waals surface area contributed by atoms with E-state index in [1.165, 1.54) is 18.3 Å². The Morgan fingerprint density at radius 2 is 2.06 bits per heavy atom. The third-order valence-electron chi connectivity index (χ3n) is 2.23. The van der Waals surface area contributed by atoms with Crippen LogP contribution in [0.5, 0.6) is 5.75 Å². The van der Waals surface area contributed by atoms with E-state index in [1.807, 2.05) is 0 Å². The van der Waals surface area contributed by atoms with Crippen molar-refractivity contribution in [2.24, 2.45) is 0 Å². The summed E-state index contributed by atoms with van der Waals surface area (Å²) in [5.41, 5.74) is 0.577. The fourth-order valence-electron chi connectivity index (χ4n) is 1.54. The molecule has 1 heterocycles. The van der Waals surface area contributed by atoms with Gasteiger partial charge in [0.25, 0.3) is 0 Å². The highest BCUT2D eigenvalue weighted by molar-refractivity contribution is 5.27. The van der Waals surface area contributed by atoms with E-state index < -0.39 is 12.0 Å². The molecule has 0 saturated carbocycles. The normalized spacial score (nSPS) is 11.7. The minimum Gasteiger partial charge on any atom is -0.508 e. The topological polar surface area (TPSA) is 38.0 Å². The standard InChI is InChI=1S/C11H9F3N2O/c12-11(13,14)10-15-4-5-16(10)7-8-2-1-3-9(17)6-8/h1-6,17H,7H2. The second-order valence-corrected chi connectivity index (χ2v) is 3.55. The van der Waals surface area contributed by atoms with Crippen LogP contribution in [0.3, 0.4) is 0 Å². The van der Waals surface area contributed by atoms with E-state index in [9.17, 15) is 18.3 Å². The van der Waals surface area contributed by atoms with E-state index in [-0.39, 0.29) is 12.3 Å². The van der Waals surface area contributed by atoms with Gasteiger partial charge in [-0.25, -0.2) is 4.98 Å². The fourth-order valence-corrected chi connectivity index (χ4v) is 1.54. The Morgan fingerprint density at radius 3 is 2.71 bits per heavy atom. The molecule has 0 aliphatic carbocycles. The van der Waals surface area contributed by atoms with Gasteiger partial charge in [-0.15, -0.1) is 0 Å². The van der Waals surface area contributed by atoms with E-state index in [4.69, 9.17) is 0 Å². The first-order chi connectivity index (χ1) is 7.97. The predicted octanol–water partition coefficient (Wildman–Crippen LogP) is 2.66. The molecule has 1 N–H and O–H groups in total. The van der Waals surface area contributed by atoms with Crippen molar-refractivity contribution >= 4 is 0 Å². The average Bonchev–Trinajstić information content (AvgIpc) is 2.65. The molecule has 2 aromatic rings. The van der Waals surface area contributed by atoms with Gasteiger partial charge in [-0.05, 0) is 17.7 Å². The number of phenolic OH excluding ortho intramolecular Hbond substituents is 1. The summed E-state index contributed by atoms with van der Waals surface area (Å²) in [6.45, 7) is 0.0171. The lowest BCUT2D eigenvalue weighted by Gasteiger charge is -2.10. The van der Waals surface area contributed by atoms with Gasteiger partial charge in [-0.2, -0.15) is 13.2 Å². The van der Waals surface area contributed by atoms with E-state index in [2.05, 4.69) is 4.98 Å². The number of hydrogen-bond donors (Lipinski definition) is 1. The summed E-state index contributed by atoms with van der Waals surface area (Å²) in [7, 11) is 0. The van der Waals surface area contributed by atoms with Crippen LogP contribution in [0.2, 0.25) is 0 Å². The molecule has 0 bridgehead atoms. The van der Waals surface area contributed by atoms with E-state index in [0.717, 1.165) is 10.8 Å². The summed E-state index contributed by atoms with van der Waals surface area (Å²) in [6, 6.07) is 6.09. The highest BCUT2D eigenvalue weighted by atomic mass is 19.4. The van der Waals surface area contributed by atoms with Gasteiger partial charge in [0.15, 0.2) is 0 Å². The number of alkyl halides is 3. The lowest BCUT2D eigenvalue weighted by atomic mass is 10.2. The smallest absolute Gasteiger partial charge is 0.449 e. The molecule has 0 amide bonds. The molecule has 0 saturated heterocycles. The predicted molar refractivity (Wildman–Crippen MR) is 54.4 cm³/mol. The Balaban J connectivity index is 2.28. The van der Waals surface area contributed by atoms with Crippen LogP contribution in [0.1, 0.15) is 11.4 Å². The van der Waals surface area contributed by atoms with E-state index in [0.29, 0.717) is 5.56 Å². The molecule has 1 aromatic carbocycles. The largest absolute Gasteiger partial charge is 0.508 e. The first kappa shape index (κ1) is 11.5. The number of imidazole rings is 1. The van der Waals surface area contributed by atoms with Crippen LogP contribution in [0.25, 0.3) is 0 Å². The van der Waals surface area contributed by atoms with Crippen molar-refractivity contribution in [3.8, 4) is 5.75 Å². The number of nitrogens with zero attached hydrogens (tertiary/aromatic N) is 2. The van der Waals surface area contributed by atoms with E-state index in [1.54, 1.807) is 12.1 Å². The summed E-state index contributed by atoms with van der Waals surface area (Å²) in [6.07, 6.45) is -2.11. The number of phenols is 1. The minimum absolute atomic E-state index is 0.0171. The molecule has 0 unspecified atom stereocenters. The summed E-state index contributed by atoms with van der Waals surface area (Å²) in [5, 5.41) is 9.22. The molecular formula is C11H9F3N2O. The zero-order chi connectivity index (χ0) is 12.5. The molecule has 0 aliphatic heterocycles. The molecule has 0 radical (unpaired) electrons. The molecule has 0 atom stereocenters. The van der Waals surface area contributed by atoms with Crippen molar-refractivity contribution in [2.45, 2.75) is 12.7 Å². The SMILES string of the molecule is Oc1cccc(Cn2ccnc2C(F)(F)F)c1. The third kappa shape index (κ3) is 2.58. The molecule has 90 valence electrons. The monoisotopic (exact) mass is 242 g/mol. The minimum atomic E-state index is -4.47. The van der Waals surface area contributed by atoms with Crippen LogP contribution in [0, 0.1) is 0 Å². The van der Waals surface area contributed by atoms with E-state index >= 15 is 0 Å². The highest BCUT2D eigenvalue weighted by Crippen LogP contribution is 2.28. The maximum Gasteiger partial charge on any atom is 0.449 e. The number of halogens is 3. The van der Waals surface area contributed by atoms with Gasteiger partial charge < -0.3 is 9.67 Å².